The van der Waals surface area contributed by atoms with Gasteiger partial charge in [-0.3, -0.25) is 9.59 Å². The second kappa shape index (κ2) is 7.15. The van der Waals surface area contributed by atoms with Crippen LogP contribution in [0.1, 0.15) is 5.56 Å². The van der Waals surface area contributed by atoms with Crippen LogP contribution in [0.5, 0.6) is 0 Å². The lowest BCUT2D eigenvalue weighted by atomic mass is 10.2. The molecule has 1 heterocycles. The normalized spacial score (nSPS) is 9.88. The van der Waals surface area contributed by atoms with Crippen LogP contribution in [0, 0.1) is 12.3 Å². The summed E-state index contributed by atoms with van der Waals surface area (Å²) < 4.78 is 1.60. The third-order valence-corrected chi connectivity index (χ3v) is 3.40. The molecular weight excluding hydrogens is 316 g/mol. The Balaban J connectivity index is 1.74. The third-order valence-electron chi connectivity index (χ3n) is 3.40. The molecule has 2 amide bonds. The molecule has 0 saturated carbocycles. The van der Waals surface area contributed by atoms with Gasteiger partial charge in [-0.15, -0.1) is 6.42 Å². The highest BCUT2D eigenvalue weighted by Crippen LogP contribution is 2.19. The summed E-state index contributed by atoms with van der Waals surface area (Å²) in [5, 5.41) is 9.25. The Kier molecular flexibility index (Phi) is 4.58. The number of nitrogens with one attached hydrogen (secondary N) is 2. The predicted octanol–water partition coefficient (Wildman–Crippen LogP) is 2.43. The summed E-state index contributed by atoms with van der Waals surface area (Å²) in [7, 11) is 0. The zero-order chi connectivity index (χ0) is 17.6. The number of hydrogen-bond acceptors (Lipinski definition) is 3. The van der Waals surface area contributed by atoms with Crippen molar-refractivity contribution in [1.82, 2.24) is 9.78 Å². The number of anilines is 2. The van der Waals surface area contributed by atoms with Crippen LogP contribution in [-0.4, -0.2) is 21.6 Å². The molecule has 122 valence electrons. The first kappa shape index (κ1) is 16.0. The highest BCUT2D eigenvalue weighted by atomic mass is 16.2. The van der Waals surface area contributed by atoms with E-state index in [-0.39, 0.29) is 0 Å². The highest BCUT2D eigenvalue weighted by molar-refractivity contribution is 6.43. The maximum Gasteiger partial charge on any atom is 0.314 e. The van der Waals surface area contributed by atoms with Gasteiger partial charge >= 0.3 is 11.8 Å². The van der Waals surface area contributed by atoms with E-state index in [0.29, 0.717) is 22.6 Å². The number of hydrogen-bond donors (Lipinski definition) is 2. The second-order valence-electron chi connectivity index (χ2n) is 5.10. The Bertz CT molecular complexity index is 956. The summed E-state index contributed by atoms with van der Waals surface area (Å²) in [5.41, 5.74) is 2.20. The lowest BCUT2D eigenvalue weighted by Crippen LogP contribution is -2.29. The van der Waals surface area contributed by atoms with Gasteiger partial charge in [-0.25, -0.2) is 4.68 Å². The number of aromatic nitrogens is 2. The van der Waals surface area contributed by atoms with Gasteiger partial charge < -0.3 is 10.6 Å². The van der Waals surface area contributed by atoms with Gasteiger partial charge in [0.25, 0.3) is 0 Å². The lowest BCUT2D eigenvalue weighted by molar-refractivity contribution is -0.132. The molecule has 0 aliphatic carbocycles. The molecule has 3 aromatic rings. The van der Waals surface area contributed by atoms with Crippen molar-refractivity contribution in [3.05, 3.63) is 72.6 Å². The molecule has 6 heteroatoms. The maximum absolute atomic E-state index is 12.2. The van der Waals surface area contributed by atoms with Gasteiger partial charge in [0.1, 0.15) is 0 Å². The van der Waals surface area contributed by atoms with Crippen molar-refractivity contribution in [2.45, 2.75) is 0 Å². The van der Waals surface area contributed by atoms with Gasteiger partial charge in [0.05, 0.1) is 11.4 Å². The number of amides is 2. The van der Waals surface area contributed by atoms with Crippen LogP contribution < -0.4 is 10.6 Å². The number of nitrogens with zero attached hydrogens (tertiary/aromatic N) is 2. The summed E-state index contributed by atoms with van der Waals surface area (Å²) in [4.78, 5) is 24.3. The quantitative estimate of drug-likeness (QED) is 0.572. The molecule has 0 saturated heterocycles. The Morgan fingerprint density at radius 1 is 1.00 bits per heavy atom. The largest absolute Gasteiger partial charge is 0.318 e. The van der Waals surface area contributed by atoms with E-state index in [4.69, 9.17) is 6.42 Å². The van der Waals surface area contributed by atoms with Gasteiger partial charge in [-0.05, 0) is 36.4 Å². The van der Waals surface area contributed by atoms with Gasteiger partial charge in [-0.1, -0.05) is 24.1 Å². The first-order chi connectivity index (χ1) is 12.2. The van der Waals surface area contributed by atoms with E-state index in [1.807, 2.05) is 6.07 Å². The molecule has 25 heavy (non-hydrogen) atoms. The molecule has 0 fully saturated rings. The molecule has 0 aliphatic rings. The average molecular weight is 330 g/mol. The minimum atomic E-state index is -0.788. The Morgan fingerprint density at radius 2 is 1.80 bits per heavy atom. The van der Waals surface area contributed by atoms with Gasteiger partial charge in [0.2, 0.25) is 0 Å². The molecular formula is C19H14N4O2. The van der Waals surface area contributed by atoms with E-state index in [9.17, 15) is 9.59 Å². The van der Waals surface area contributed by atoms with Crippen molar-refractivity contribution in [2.24, 2.45) is 0 Å². The smallest absolute Gasteiger partial charge is 0.314 e. The van der Waals surface area contributed by atoms with Crippen LogP contribution in [0.3, 0.4) is 0 Å². The number of carbonyl (C=O) groups excluding carboxylic acids is 2. The highest BCUT2D eigenvalue weighted by Gasteiger charge is 2.16. The monoisotopic (exact) mass is 330 g/mol. The SMILES string of the molecule is C#Cc1cccc(NC(=O)C(=O)Nc2ccccc2-n2cccn2)c1. The molecule has 0 aliphatic heterocycles. The van der Waals surface area contributed by atoms with Crippen LogP contribution in [0.25, 0.3) is 5.69 Å². The zero-order valence-corrected chi connectivity index (χ0v) is 13.1. The van der Waals surface area contributed by atoms with Crippen LogP contribution in [0.2, 0.25) is 0 Å². The molecule has 2 N–H and O–H groups in total. The van der Waals surface area contributed by atoms with Crippen molar-refractivity contribution >= 4 is 23.2 Å². The van der Waals surface area contributed by atoms with Crippen LogP contribution in [-0.2, 0) is 9.59 Å². The number of carbonyl (C=O) groups is 2. The fraction of sp³-hybridized carbons (Fsp3) is 0. The third kappa shape index (κ3) is 3.74. The first-order valence-corrected chi connectivity index (χ1v) is 7.45. The van der Waals surface area contributed by atoms with E-state index in [2.05, 4.69) is 21.7 Å². The maximum atomic E-state index is 12.2. The number of terminal acetylenes is 1. The minimum Gasteiger partial charge on any atom is -0.318 e. The Labute approximate surface area is 144 Å². The molecule has 3 rings (SSSR count). The van der Waals surface area contributed by atoms with Crippen molar-refractivity contribution in [1.29, 1.82) is 0 Å². The van der Waals surface area contributed by atoms with E-state index in [1.165, 1.54) is 0 Å². The summed E-state index contributed by atoms with van der Waals surface area (Å²) >= 11 is 0. The van der Waals surface area contributed by atoms with E-state index in [1.54, 1.807) is 65.6 Å². The lowest BCUT2D eigenvalue weighted by Gasteiger charge is -2.11. The summed E-state index contributed by atoms with van der Waals surface area (Å²) in [6, 6.07) is 15.5. The number of para-hydroxylation sites is 2. The van der Waals surface area contributed by atoms with Gasteiger partial charge in [0, 0.05) is 23.6 Å². The summed E-state index contributed by atoms with van der Waals surface area (Å²) in [6.45, 7) is 0. The van der Waals surface area contributed by atoms with Crippen LogP contribution in [0.15, 0.2) is 67.0 Å². The number of rotatable bonds is 3. The van der Waals surface area contributed by atoms with Crippen molar-refractivity contribution in [2.75, 3.05) is 10.6 Å². The molecule has 6 nitrogen and oxygen atoms in total. The fourth-order valence-corrected chi connectivity index (χ4v) is 2.24. The molecule has 0 unspecified atom stereocenters. The fourth-order valence-electron chi connectivity index (χ4n) is 2.24. The molecule has 0 atom stereocenters. The molecule has 0 spiro atoms. The minimum absolute atomic E-state index is 0.455. The van der Waals surface area contributed by atoms with Crippen molar-refractivity contribution in [3.8, 4) is 18.0 Å². The Morgan fingerprint density at radius 3 is 2.56 bits per heavy atom. The van der Waals surface area contributed by atoms with E-state index in [0.717, 1.165) is 0 Å². The Hall–Kier alpha value is -3.85. The summed E-state index contributed by atoms with van der Waals surface area (Å²) in [6.07, 6.45) is 8.70. The molecule has 0 radical (unpaired) electrons. The van der Waals surface area contributed by atoms with Crippen molar-refractivity contribution in [3.63, 3.8) is 0 Å². The molecule has 1 aromatic heterocycles. The average Bonchev–Trinajstić information content (AvgIpc) is 3.16. The molecule has 0 bridgehead atoms. The van der Waals surface area contributed by atoms with E-state index < -0.39 is 11.8 Å². The number of benzene rings is 2. The summed E-state index contributed by atoms with van der Waals surface area (Å²) in [5.74, 6) is 0.897. The second-order valence-corrected chi connectivity index (χ2v) is 5.10. The van der Waals surface area contributed by atoms with Gasteiger partial charge in [-0.2, -0.15) is 5.10 Å². The van der Waals surface area contributed by atoms with Crippen LogP contribution >= 0.6 is 0 Å². The predicted molar refractivity (Wildman–Crippen MR) is 95.2 cm³/mol. The van der Waals surface area contributed by atoms with Crippen LogP contribution in [0.4, 0.5) is 11.4 Å². The topological polar surface area (TPSA) is 76.0 Å². The standard InChI is InChI=1S/C19H14N4O2/c1-2-14-7-5-8-15(13-14)21-18(24)19(25)22-16-9-3-4-10-17(16)23-12-6-11-20-23/h1,3-13H,(H,21,24)(H,22,25). The first-order valence-electron chi connectivity index (χ1n) is 7.45. The zero-order valence-electron chi connectivity index (χ0n) is 13.1. The van der Waals surface area contributed by atoms with Gasteiger partial charge in [0.15, 0.2) is 0 Å². The molecule has 2 aromatic carbocycles. The van der Waals surface area contributed by atoms with E-state index >= 15 is 0 Å². The van der Waals surface area contributed by atoms with Crippen molar-refractivity contribution < 1.29 is 9.59 Å².